The van der Waals surface area contributed by atoms with Gasteiger partial charge in [0.15, 0.2) is 0 Å². The molecule has 1 aliphatic carbocycles. The molecule has 2 unspecified atom stereocenters. The van der Waals surface area contributed by atoms with Crippen LogP contribution in [0.5, 0.6) is 0 Å². The summed E-state index contributed by atoms with van der Waals surface area (Å²) in [6, 6.07) is 3.01. The number of hydrogen-bond donors (Lipinski definition) is 2. The van der Waals surface area contributed by atoms with Crippen molar-refractivity contribution in [2.24, 2.45) is 11.8 Å². The van der Waals surface area contributed by atoms with Gasteiger partial charge in [-0.25, -0.2) is 4.98 Å². The Bertz CT molecular complexity index is 464. The van der Waals surface area contributed by atoms with Gasteiger partial charge in [0.05, 0.1) is 4.92 Å². The van der Waals surface area contributed by atoms with E-state index in [1.807, 2.05) is 0 Å². The summed E-state index contributed by atoms with van der Waals surface area (Å²) in [6.07, 6.45) is 5.12. The minimum atomic E-state index is -0.519. The van der Waals surface area contributed by atoms with Crippen LogP contribution in [0.3, 0.4) is 0 Å². The molecule has 1 saturated carbocycles. The molecule has 1 fully saturated rings. The molecule has 0 amide bonds. The van der Waals surface area contributed by atoms with Crippen LogP contribution in [0.25, 0.3) is 0 Å². The molecule has 1 heterocycles. The molecule has 104 valence electrons. The number of hydrogen-bond acceptors (Lipinski definition) is 5. The number of nitro groups is 1. The van der Waals surface area contributed by atoms with Crippen LogP contribution in [0.2, 0.25) is 0 Å². The Hall–Kier alpha value is -1.85. The fraction of sp³-hybridized carbons (Fsp3) is 0.615. The number of nitrogens with two attached hydrogens (primary N) is 1. The molecule has 1 aromatic heterocycles. The zero-order chi connectivity index (χ0) is 13.8. The third-order valence-corrected chi connectivity index (χ3v) is 3.93. The molecule has 19 heavy (non-hydrogen) atoms. The summed E-state index contributed by atoms with van der Waals surface area (Å²) in [5, 5.41) is 13.9. The van der Waals surface area contributed by atoms with Gasteiger partial charge in [0.2, 0.25) is 5.82 Å². The molecule has 6 nitrogen and oxygen atoms in total. The number of anilines is 2. The van der Waals surface area contributed by atoms with Crippen LogP contribution in [0.15, 0.2) is 12.1 Å². The van der Waals surface area contributed by atoms with Gasteiger partial charge in [-0.05, 0) is 24.3 Å². The monoisotopic (exact) mass is 264 g/mol. The van der Waals surface area contributed by atoms with Gasteiger partial charge in [0.25, 0.3) is 0 Å². The van der Waals surface area contributed by atoms with Crippen molar-refractivity contribution in [2.45, 2.75) is 32.6 Å². The van der Waals surface area contributed by atoms with Gasteiger partial charge < -0.3 is 11.1 Å². The van der Waals surface area contributed by atoms with E-state index in [9.17, 15) is 10.1 Å². The molecule has 2 rings (SSSR count). The Labute approximate surface area is 112 Å². The molecule has 0 aromatic carbocycles. The molecule has 1 aliphatic rings. The van der Waals surface area contributed by atoms with Crippen LogP contribution in [0.4, 0.5) is 17.3 Å². The van der Waals surface area contributed by atoms with Crippen LogP contribution < -0.4 is 11.1 Å². The van der Waals surface area contributed by atoms with Gasteiger partial charge in [0, 0.05) is 12.6 Å². The lowest BCUT2D eigenvalue weighted by Crippen LogP contribution is -2.24. The number of nitrogen functional groups attached to an aromatic ring is 1. The van der Waals surface area contributed by atoms with Crippen LogP contribution in [0, 0.1) is 22.0 Å². The van der Waals surface area contributed by atoms with Gasteiger partial charge >= 0.3 is 5.69 Å². The van der Waals surface area contributed by atoms with Crippen LogP contribution in [0.1, 0.15) is 32.6 Å². The van der Waals surface area contributed by atoms with Gasteiger partial charge in [-0.1, -0.05) is 26.2 Å². The van der Waals surface area contributed by atoms with E-state index in [2.05, 4.69) is 17.2 Å². The van der Waals surface area contributed by atoms with Gasteiger partial charge in [0.1, 0.15) is 5.82 Å². The standard InChI is InChI=1S/C13H20N4O2/c1-9-4-2-3-5-10(9)8-15-12-7-6-11(17(18)19)13(14)16-12/h6-7,9-10H,2-5,8H2,1H3,(H3,14,15,16). The second kappa shape index (κ2) is 5.86. The minimum Gasteiger partial charge on any atom is -0.378 e. The molecule has 3 N–H and O–H groups in total. The Morgan fingerprint density at radius 1 is 1.47 bits per heavy atom. The lowest BCUT2D eigenvalue weighted by molar-refractivity contribution is -0.384. The molecule has 0 radical (unpaired) electrons. The zero-order valence-corrected chi connectivity index (χ0v) is 11.1. The molecule has 0 spiro atoms. The summed E-state index contributed by atoms with van der Waals surface area (Å²) < 4.78 is 0. The summed E-state index contributed by atoms with van der Waals surface area (Å²) in [5.41, 5.74) is 5.42. The third kappa shape index (κ3) is 3.33. The highest BCUT2D eigenvalue weighted by molar-refractivity contribution is 5.57. The molecular weight excluding hydrogens is 244 g/mol. The van der Waals surface area contributed by atoms with E-state index in [1.54, 1.807) is 6.07 Å². The second-order valence-corrected chi connectivity index (χ2v) is 5.26. The molecule has 0 saturated heterocycles. The van der Waals surface area contributed by atoms with Gasteiger partial charge in [-0.15, -0.1) is 0 Å². The van der Waals surface area contributed by atoms with E-state index in [4.69, 9.17) is 5.73 Å². The first-order valence-electron chi connectivity index (χ1n) is 6.72. The second-order valence-electron chi connectivity index (χ2n) is 5.26. The summed E-state index contributed by atoms with van der Waals surface area (Å²) in [7, 11) is 0. The van der Waals surface area contributed by atoms with Crippen molar-refractivity contribution in [1.29, 1.82) is 0 Å². The average Bonchev–Trinajstić information content (AvgIpc) is 2.37. The predicted octanol–water partition coefficient (Wildman–Crippen LogP) is 2.81. The Kier molecular flexibility index (Phi) is 4.19. The van der Waals surface area contributed by atoms with E-state index in [-0.39, 0.29) is 11.5 Å². The summed E-state index contributed by atoms with van der Waals surface area (Å²) >= 11 is 0. The molecule has 0 bridgehead atoms. The van der Waals surface area contributed by atoms with E-state index in [1.165, 1.54) is 31.7 Å². The van der Waals surface area contributed by atoms with E-state index in [0.717, 1.165) is 12.5 Å². The smallest absolute Gasteiger partial charge is 0.311 e. The maximum absolute atomic E-state index is 10.6. The van der Waals surface area contributed by atoms with Gasteiger partial charge in [-0.3, -0.25) is 10.1 Å². The third-order valence-electron chi connectivity index (χ3n) is 3.93. The summed E-state index contributed by atoms with van der Waals surface area (Å²) in [6.45, 7) is 3.13. The van der Waals surface area contributed by atoms with Gasteiger partial charge in [-0.2, -0.15) is 0 Å². The normalized spacial score (nSPS) is 23.0. The highest BCUT2D eigenvalue weighted by Gasteiger charge is 2.21. The van der Waals surface area contributed by atoms with Crippen molar-refractivity contribution in [1.82, 2.24) is 4.98 Å². The fourth-order valence-corrected chi connectivity index (χ4v) is 2.65. The minimum absolute atomic E-state index is 0.0355. The predicted molar refractivity (Wildman–Crippen MR) is 74.9 cm³/mol. The highest BCUT2D eigenvalue weighted by Crippen LogP contribution is 2.30. The Balaban J connectivity index is 1.96. The molecule has 6 heteroatoms. The maximum Gasteiger partial charge on any atom is 0.311 e. The number of nitrogens with zero attached hydrogens (tertiary/aromatic N) is 2. The quantitative estimate of drug-likeness (QED) is 0.644. The van der Waals surface area contributed by atoms with Crippen molar-refractivity contribution < 1.29 is 4.92 Å². The lowest BCUT2D eigenvalue weighted by Gasteiger charge is -2.28. The Morgan fingerprint density at radius 3 is 2.84 bits per heavy atom. The van der Waals surface area contributed by atoms with Crippen molar-refractivity contribution in [3.05, 3.63) is 22.2 Å². The number of pyridine rings is 1. The van der Waals surface area contributed by atoms with E-state index < -0.39 is 4.92 Å². The maximum atomic E-state index is 10.6. The summed E-state index contributed by atoms with van der Waals surface area (Å²) in [5.74, 6) is 1.94. The van der Waals surface area contributed by atoms with Crippen molar-refractivity contribution in [3.63, 3.8) is 0 Å². The van der Waals surface area contributed by atoms with Crippen LogP contribution in [-0.4, -0.2) is 16.5 Å². The highest BCUT2D eigenvalue weighted by atomic mass is 16.6. The number of rotatable bonds is 4. The molecule has 1 aromatic rings. The first-order valence-corrected chi connectivity index (χ1v) is 6.72. The SMILES string of the molecule is CC1CCCCC1CNc1ccc([N+](=O)[O-])c(N)n1. The topological polar surface area (TPSA) is 94.1 Å². The molecular formula is C13H20N4O2. The van der Waals surface area contributed by atoms with E-state index in [0.29, 0.717) is 11.7 Å². The summed E-state index contributed by atoms with van der Waals surface area (Å²) in [4.78, 5) is 14.2. The van der Waals surface area contributed by atoms with Crippen LogP contribution >= 0.6 is 0 Å². The first-order chi connectivity index (χ1) is 9.08. The fourth-order valence-electron chi connectivity index (χ4n) is 2.65. The molecule has 0 aliphatic heterocycles. The largest absolute Gasteiger partial charge is 0.378 e. The lowest BCUT2D eigenvalue weighted by atomic mass is 9.80. The van der Waals surface area contributed by atoms with Crippen LogP contribution in [-0.2, 0) is 0 Å². The number of aromatic nitrogens is 1. The van der Waals surface area contributed by atoms with Crippen molar-refractivity contribution >= 4 is 17.3 Å². The Morgan fingerprint density at radius 2 is 2.21 bits per heavy atom. The zero-order valence-electron chi connectivity index (χ0n) is 11.1. The average molecular weight is 264 g/mol. The van der Waals surface area contributed by atoms with Crippen molar-refractivity contribution in [2.75, 3.05) is 17.6 Å². The molecule has 2 atom stereocenters. The number of nitrogens with one attached hydrogen (secondary N) is 1. The van der Waals surface area contributed by atoms with E-state index >= 15 is 0 Å². The van der Waals surface area contributed by atoms with Crippen molar-refractivity contribution in [3.8, 4) is 0 Å². The first kappa shape index (κ1) is 13.6.